The van der Waals surface area contributed by atoms with Crippen molar-refractivity contribution in [3.63, 3.8) is 0 Å². The van der Waals surface area contributed by atoms with Gasteiger partial charge in [-0.05, 0) is 26.8 Å². The fourth-order valence-electron chi connectivity index (χ4n) is 3.55. The molecule has 0 bridgehead atoms. The standard InChI is InChI=1S/C23H49N3O2/c1-4-5-6-7-8-9-10-11-12-13-14-15-16-17-18-19-24-21(2)26-22(3)25-20-23(27)28/h21-22,24-26H,4-20H2,1-3H3,(H,27,28). The Morgan fingerprint density at radius 2 is 1.07 bits per heavy atom. The van der Waals surface area contributed by atoms with Gasteiger partial charge in [0.1, 0.15) is 0 Å². The molecule has 0 heterocycles. The van der Waals surface area contributed by atoms with Crippen LogP contribution in [0, 0.1) is 0 Å². The van der Waals surface area contributed by atoms with Gasteiger partial charge in [-0.3, -0.25) is 15.4 Å². The molecule has 5 heteroatoms. The van der Waals surface area contributed by atoms with E-state index in [9.17, 15) is 4.79 Å². The maximum atomic E-state index is 10.5. The van der Waals surface area contributed by atoms with Crippen LogP contribution in [0.2, 0.25) is 0 Å². The van der Waals surface area contributed by atoms with Crippen molar-refractivity contribution >= 4 is 5.97 Å². The highest BCUT2D eigenvalue weighted by Gasteiger charge is 2.07. The highest BCUT2D eigenvalue weighted by Crippen LogP contribution is 2.13. The number of hydrogen-bond acceptors (Lipinski definition) is 4. The maximum absolute atomic E-state index is 10.5. The molecular formula is C23H49N3O2. The SMILES string of the molecule is CCCCCCCCCCCCCCCCCNC(C)NC(C)NCC(=O)O. The molecule has 0 aliphatic rings. The summed E-state index contributed by atoms with van der Waals surface area (Å²) in [6.45, 7) is 7.29. The second kappa shape index (κ2) is 21.1. The van der Waals surface area contributed by atoms with Gasteiger partial charge in [-0.25, -0.2) is 0 Å². The van der Waals surface area contributed by atoms with Gasteiger partial charge in [0.25, 0.3) is 0 Å². The van der Waals surface area contributed by atoms with Crippen LogP contribution >= 0.6 is 0 Å². The molecular weight excluding hydrogens is 350 g/mol. The molecule has 5 nitrogen and oxygen atoms in total. The van der Waals surface area contributed by atoms with Crippen molar-refractivity contribution in [2.75, 3.05) is 13.1 Å². The quantitative estimate of drug-likeness (QED) is 0.145. The number of unbranched alkanes of at least 4 members (excludes halogenated alkanes) is 14. The van der Waals surface area contributed by atoms with Crippen molar-refractivity contribution in [3.8, 4) is 0 Å². The lowest BCUT2D eigenvalue weighted by molar-refractivity contribution is -0.136. The molecule has 2 unspecified atom stereocenters. The third-order valence-corrected chi connectivity index (χ3v) is 5.29. The Morgan fingerprint density at radius 3 is 1.50 bits per heavy atom. The number of carboxylic acid groups (broad SMARTS) is 1. The third-order valence-electron chi connectivity index (χ3n) is 5.29. The molecule has 0 radical (unpaired) electrons. The molecule has 4 N–H and O–H groups in total. The zero-order valence-corrected chi connectivity index (χ0v) is 19.0. The summed E-state index contributed by atoms with van der Waals surface area (Å²) in [7, 11) is 0. The van der Waals surface area contributed by atoms with E-state index in [1.165, 1.54) is 96.3 Å². The second-order valence-corrected chi connectivity index (χ2v) is 8.29. The maximum Gasteiger partial charge on any atom is 0.317 e. The average molecular weight is 400 g/mol. The minimum absolute atomic E-state index is 0.0140. The van der Waals surface area contributed by atoms with Gasteiger partial charge in [-0.15, -0.1) is 0 Å². The molecule has 0 rings (SSSR count). The molecule has 0 saturated heterocycles. The molecule has 2 atom stereocenters. The average Bonchev–Trinajstić information content (AvgIpc) is 2.66. The summed E-state index contributed by atoms with van der Waals surface area (Å²) in [6, 6.07) is 0. The lowest BCUT2D eigenvalue weighted by atomic mass is 10.0. The van der Waals surface area contributed by atoms with E-state index in [-0.39, 0.29) is 18.9 Å². The van der Waals surface area contributed by atoms with Gasteiger partial charge in [0.15, 0.2) is 0 Å². The zero-order chi connectivity index (χ0) is 20.9. The lowest BCUT2D eigenvalue weighted by Gasteiger charge is -2.21. The summed E-state index contributed by atoms with van der Waals surface area (Å²) in [5.41, 5.74) is 0. The smallest absolute Gasteiger partial charge is 0.317 e. The molecule has 0 aliphatic heterocycles. The Kier molecular flexibility index (Phi) is 20.6. The molecule has 0 fully saturated rings. The van der Waals surface area contributed by atoms with Gasteiger partial charge in [0, 0.05) is 0 Å². The molecule has 0 aromatic rings. The Labute approximate surface area is 174 Å². The van der Waals surface area contributed by atoms with E-state index in [1.54, 1.807) is 0 Å². The highest BCUT2D eigenvalue weighted by molar-refractivity contribution is 5.69. The van der Waals surface area contributed by atoms with Crippen molar-refractivity contribution in [2.24, 2.45) is 0 Å². The van der Waals surface area contributed by atoms with Crippen LogP contribution in [0.25, 0.3) is 0 Å². The van der Waals surface area contributed by atoms with E-state index in [4.69, 9.17) is 5.11 Å². The van der Waals surface area contributed by atoms with Gasteiger partial charge >= 0.3 is 5.97 Å². The predicted octanol–water partition coefficient (Wildman–Crippen LogP) is 5.40. The first-order valence-corrected chi connectivity index (χ1v) is 12.0. The van der Waals surface area contributed by atoms with Crippen molar-refractivity contribution in [3.05, 3.63) is 0 Å². The highest BCUT2D eigenvalue weighted by atomic mass is 16.4. The Hall–Kier alpha value is -0.650. The first-order chi connectivity index (χ1) is 13.6. The summed E-state index contributed by atoms with van der Waals surface area (Å²) in [4.78, 5) is 10.5. The Morgan fingerprint density at radius 1 is 0.679 bits per heavy atom. The van der Waals surface area contributed by atoms with Crippen LogP contribution in [0.15, 0.2) is 0 Å². The number of hydrogen-bond donors (Lipinski definition) is 4. The summed E-state index contributed by atoms with van der Waals surface area (Å²) < 4.78 is 0. The number of aliphatic carboxylic acids is 1. The normalized spacial score (nSPS) is 13.5. The van der Waals surface area contributed by atoms with Gasteiger partial charge in [-0.2, -0.15) is 0 Å². The van der Waals surface area contributed by atoms with Crippen molar-refractivity contribution in [1.29, 1.82) is 0 Å². The second-order valence-electron chi connectivity index (χ2n) is 8.29. The number of carbonyl (C=O) groups is 1. The molecule has 0 spiro atoms. The largest absolute Gasteiger partial charge is 0.480 e. The van der Waals surface area contributed by atoms with Crippen LogP contribution in [-0.4, -0.2) is 36.5 Å². The summed E-state index contributed by atoms with van der Waals surface area (Å²) in [5.74, 6) is -0.827. The van der Waals surface area contributed by atoms with Crippen LogP contribution in [0.1, 0.15) is 117 Å². The molecule has 0 aromatic heterocycles. The molecule has 168 valence electrons. The number of nitrogens with one attached hydrogen (secondary N) is 3. The van der Waals surface area contributed by atoms with E-state index < -0.39 is 5.97 Å². The summed E-state index contributed by atoms with van der Waals surface area (Å²) in [6.07, 6.45) is 21.0. The molecule has 28 heavy (non-hydrogen) atoms. The van der Waals surface area contributed by atoms with Crippen LogP contribution in [0.4, 0.5) is 0 Å². The number of rotatable bonds is 22. The molecule has 0 aromatic carbocycles. The van der Waals surface area contributed by atoms with Gasteiger partial charge < -0.3 is 10.4 Å². The van der Waals surface area contributed by atoms with Crippen LogP contribution in [-0.2, 0) is 4.79 Å². The molecule has 0 aliphatic carbocycles. The van der Waals surface area contributed by atoms with Gasteiger partial charge in [0.2, 0.25) is 0 Å². The predicted molar refractivity (Wildman–Crippen MR) is 121 cm³/mol. The minimum Gasteiger partial charge on any atom is -0.480 e. The molecule has 0 amide bonds. The van der Waals surface area contributed by atoms with Crippen molar-refractivity contribution in [2.45, 2.75) is 129 Å². The monoisotopic (exact) mass is 399 g/mol. The van der Waals surface area contributed by atoms with E-state index in [1.807, 2.05) is 6.92 Å². The van der Waals surface area contributed by atoms with E-state index >= 15 is 0 Å². The summed E-state index contributed by atoms with van der Waals surface area (Å²) in [5, 5.41) is 18.3. The Bertz CT molecular complexity index is 340. The van der Waals surface area contributed by atoms with Gasteiger partial charge in [-0.1, -0.05) is 96.8 Å². The van der Waals surface area contributed by atoms with E-state index in [0.717, 1.165) is 6.54 Å². The first kappa shape index (κ1) is 27.4. The zero-order valence-electron chi connectivity index (χ0n) is 19.0. The molecule has 0 saturated carbocycles. The van der Waals surface area contributed by atoms with E-state index in [0.29, 0.717) is 0 Å². The van der Waals surface area contributed by atoms with Crippen LogP contribution in [0.5, 0.6) is 0 Å². The Balaban J connectivity index is 3.21. The number of carboxylic acids is 1. The lowest BCUT2D eigenvalue weighted by Crippen LogP contribution is -2.51. The van der Waals surface area contributed by atoms with Crippen LogP contribution < -0.4 is 16.0 Å². The van der Waals surface area contributed by atoms with Gasteiger partial charge in [0.05, 0.1) is 18.9 Å². The van der Waals surface area contributed by atoms with Crippen molar-refractivity contribution < 1.29 is 9.90 Å². The fourth-order valence-corrected chi connectivity index (χ4v) is 3.55. The third kappa shape index (κ3) is 21.6. The minimum atomic E-state index is -0.827. The first-order valence-electron chi connectivity index (χ1n) is 12.0. The topological polar surface area (TPSA) is 73.4 Å². The van der Waals surface area contributed by atoms with Crippen molar-refractivity contribution in [1.82, 2.24) is 16.0 Å². The van der Waals surface area contributed by atoms with E-state index in [2.05, 4.69) is 29.8 Å². The fraction of sp³-hybridized carbons (Fsp3) is 0.957. The summed E-state index contributed by atoms with van der Waals surface area (Å²) >= 11 is 0. The van der Waals surface area contributed by atoms with Crippen LogP contribution in [0.3, 0.4) is 0 Å².